The highest BCUT2D eigenvalue weighted by atomic mass is 32.2. The fourth-order valence-electron chi connectivity index (χ4n) is 3.57. The zero-order chi connectivity index (χ0) is 22.2. The first-order valence-electron chi connectivity index (χ1n) is 9.69. The molecule has 0 amide bonds. The van der Waals surface area contributed by atoms with Gasteiger partial charge in [-0.05, 0) is 62.2 Å². The maximum Gasteiger partial charge on any atom is 0.416 e. The van der Waals surface area contributed by atoms with Crippen molar-refractivity contribution in [3.63, 3.8) is 0 Å². The van der Waals surface area contributed by atoms with Crippen molar-refractivity contribution >= 4 is 11.8 Å². The van der Waals surface area contributed by atoms with Gasteiger partial charge < -0.3 is 9.84 Å². The number of hydrogen-bond donors (Lipinski definition) is 1. The van der Waals surface area contributed by atoms with Gasteiger partial charge in [-0.2, -0.15) is 18.4 Å². The molecule has 1 heterocycles. The molecule has 0 saturated carbocycles. The molecule has 3 nitrogen and oxygen atoms in total. The minimum Gasteiger partial charge on any atom is -0.385 e. The average molecular weight is 436 g/mol. The van der Waals surface area contributed by atoms with Crippen LogP contribution in [-0.2, 0) is 21.9 Å². The Morgan fingerprint density at radius 2 is 1.83 bits per heavy atom. The van der Waals surface area contributed by atoms with Crippen LogP contribution in [0.25, 0.3) is 0 Å². The Hall–Kier alpha value is -2.01. The number of aliphatic hydroxyl groups is 1. The summed E-state index contributed by atoms with van der Waals surface area (Å²) in [5.74, 6) is 0. The summed E-state index contributed by atoms with van der Waals surface area (Å²) >= 11 is 1.18. The van der Waals surface area contributed by atoms with Gasteiger partial charge in [-0.25, -0.2) is 0 Å². The summed E-state index contributed by atoms with van der Waals surface area (Å²) in [6.07, 6.45) is -4.28. The quantitative estimate of drug-likeness (QED) is 0.636. The highest BCUT2D eigenvalue weighted by Crippen LogP contribution is 2.42. The van der Waals surface area contributed by atoms with E-state index in [-0.39, 0.29) is 24.5 Å². The zero-order valence-electron chi connectivity index (χ0n) is 17.1. The molecule has 1 aliphatic rings. The Morgan fingerprint density at radius 3 is 2.47 bits per heavy atom. The molecule has 0 aromatic heterocycles. The third kappa shape index (κ3) is 5.00. The standard InChI is InChI=1S/C23H24F3NO2S/c1-15-13-22(28,7-8-29-15)17-9-18(23(24,25)26)12-20(11-17)30-19-6-4-5-16(10-19)21(2,3)14-27/h4-6,9-12,15,28H,7-8,13H2,1-3H3/t15-,22-/m1/s1. The molecule has 0 unspecified atom stereocenters. The maximum atomic E-state index is 13.6. The van der Waals surface area contributed by atoms with Gasteiger partial charge in [-0.15, -0.1) is 0 Å². The van der Waals surface area contributed by atoms with Crippen molar-refractivity contribution in [3.8, 4) is 6.07 Å². The van der Waals surface area contributed by atoms with E-state index in [0.29, 0.717) is 11.5 Å². The fourth-order valence-corrected chi connectivity index (χ4v) is 4.54. The summed E-state index contributed by atoms with van der Waals surface area (Å²) in [6.45, 7) is 5.68. The largest absolute Gasteiger partial charge is 0.416 e. The molecule has 30 heavy (non-hydrogen) atoms. The van der Waals surface area contributed by atoms with E-state index in [1.54, 1.807) is 39.0 Å². The number of rotatable bonds is 4. The predicted molar refractivity (Wildman–Crippen MR) is 109 cm³/mol. The van der Waals surface area contributed by atoms with Crippen molar-refractivity contribution in [3.05, 3.63) is 59.2 Å². The monoisotopic (exact) mass is 435 g/mol. The highest BCUT2D eigenvalue weighted by Gasteiger charge is 2.38. The predicted octanol–water partition coefficient (Wildman–Crippen LogP) is 6.04. The number of alkyl halides is 3. The van der Waals surface area contributed by atoms with Crippen LogP contribution in [0.5, 0.6) is 0 Å². The zero-order valence-corrected chi connectivity index (χ0v) is 17.9. The van der Waals surface area contributed by atoms with Gasteiger partial charge in [0.2, 0.25) is 0 Å². The minimum absolute atomic E-state index is 0.237. The summed E-state index contributed by atoms with van der Waals surface area (Å²) < 4.78 is 46.2. The molecule has 7 heteroatoms. The van der Waals surface area contributed by atoms with Gasteiger partial charge in [0.15, 0.2) is 0 Å². The molecule has 1 saturated heterocycles. The van der Waals surface area contributed by atoms with Crippen molar-refractivity contribution in [2.45, 2.75) is 66.7 Å². The Kier molecular flexibility index (Phi) is 6.24. The van der Waals surface area contributed by atoms with E-state index in [4.69, 9.17) is 4.74 Å². The number of hydrogen-bond acceptors (Lipinski definition) is 4. The van der Waals surface area contributed by atoms with E-state index in [1.165, 1.54) is 11.8 Å². The Labute approximate surface area is 178 Å². The SMILES string of the molecule is C[C@@H]1C[C@@](O)(c2cc(Sc3cccc(C(C)(C)C#N)c3)cc(C(F)(F)F)c2)CCO1. The van der Waals surface area contributed by atoms with Gasteiger partial charge >= 0.3 is 6.18 Å². The minimum atomic E-state index is -4.52. The lowest BCUT2D eigenvalue weighted by Gasteiger charge is -2.36. The molecular weight excluding hydrogens is 411 g/mol. The van der Waals surface area contributed by atoms with Crippen molar-refractivity contribution < 1.29 is 23.0 Å². The normalized spacial score (nSPS) is 22.5. The van der Waals surface area contributed by atoms with Crippen LogP contribution in [0.3, 0.4) is 0 Å². The lowest BCUT2D eigenvalue weighted by molar-refractivity contribution is -0.138. The van der Waals surface area contributed by atoms with Gasteiger partial charge in [0, 0.05) is 22.6 Å². The lowest BCUT2D eigenvalue weighted by atomic mass is 9.83. The smallest absolute Gasteiger partial charge is 0.385 e. The molecule has 0 aliphatic carbocycles. The third-order valence-electron chi connectivity index (χ3n) is 5.39. The van der Waals surface area contributed by atoms with Crippen molar-refractivity contribution in [1.29, 1.82) is 5.26 Å². The molecule has 0 spiro atoms. The van der Waals surface area contributed by atoms with Crippen LogP contribution in [0.4, 0.5) is 13.2 Å². The van der Waals surface area contributed by atoms with E-state index in [9.17, 15) is 23.5 Å². The van der Waals surface area contributed by atoms with E-state index in [1.807, 2.05) is 12.1 Å². The Morgan fingerprint density at radius 1 is 1.13 bits per heavy atom. The van der Waals surface area contributed by atoms with Crippen LogP contribution < -0.4 is 0 Å². The summed E-state index contributed by atoms with van der Waals surface area (Å²) in [6, 6.07) is 13.2. The molecule has 1 fully saturated rings. The number of halogens is 3. The molecule has 2 atom stereocenters. The number of nitrogens with zero attached hydrogens (tertiary/aromatic N) is 1. The van der Waals surface area contributed by atoms with Gasteiger partial charge in [0.25, 0.3) is 0 Å². The van der Waals surface area contributed by atoms with E-state index >= 15 is 0 Å². The molecule has 0 radical (unpaired) electrons. The number of nitriles is 1. The van der Waals surface area contributed by atoms with Crippen LogP contribution in [-0.4, -0.2) is 17.8 Å². The topological polar surface area (TPSA) is 53.2 Å². The average Bonchev–Trinajstić information content (AvgIpc) is 2.67. The van der Waals surface area contributed by atoms with Crippen molar-refractivity contribution in [1.82, 2.24) is 0 Å². The lowest BCUT2D eigenvalue weighted by Crippen LogP contribution is -2.37. The molecule has 1 N–H and O–H groups in total. The summed E-state index contributed by atoms with van der Waals surface area (Å²) in [5.41, 5.74) is -1.81. The molecule has 0 bridgehead atoms. The first-order valence-corrected chi connectivity index (χ1v) is 10.5. The first kappa shape index (κ1) is 22.7. The van der Waals surface area contributed by atoms with E-state index in [2.05, 4.69) is 6.07 Å². The van der Waals surface area contributed by atoms with Gasteiger partial charge in [-0.1, -0.05) is 23.9 Å². The number of benzene rings is 2. The van der Waals surface area contributed by atoms with Crippen LogP contribution in [0, 0.1) is 11.3 Å². The van der Waals surface area contributed by atoms with Gasteiger partial charge in [-0.3, -0.25) is 0 Å². The first-order chi connectivity index (χ1) is 13.9. The van der Waals surface area contributed by atoms with Gasteiger partial charge in [0.05, 0.1) is 35.4 Å². The second-order valence-corrected chi connectivity index (χ2v) is 9.42. The van der Waals surface area contributed by atoms with E-state index in [0.717, 1.165) is 22.6 Å². The summed E-state index contributed by atoms with van der Waals surface area (Å²) in [4.78, 5) is 1.12. The van der Waals surface area contributed by atoms with E-state index < -0.39 is 22.8 Å². The Balaban J connectivity index is 2.01. The van der Waals surface area contributed by atoms with Gasteiger partial charge in [0.1, 0.15) is 0 Å². The Bertz CT molecular complexity index is 968. The van der Waals surface area contributed by atoms with Crippen molar-refractivity contribution in [2.75, 3.05) is 6.61 Å². The molecule has 3 rings (SSSR count). The molecule has 2 aromatic carbocycles. The van der Waals surface area contributed by atoms with Crippen LogP contribution in [0.2, 0.25) is 0 Å². The highest BCUT2D eigenvalue weighted by molar-refractivity contribution is 7.99. The fraction of sp³-hybridized carbons (Fsp3) is 0.435. The summed E-state index contributed by atoms with van der Waals surface area (Å²) in [5, 5.41) is 20.4. The molecule has 160 valence electrons. The van der Waals surface area contributed by atoms with Crippen LogP contribution >= 0.6 is 11.8 Å². The second kappa shape index (κ2) is 8.26. The van der Waals surface area contributed by atoms with Crippen LogP contribution in [0.1, 0.15) is 50.3 Å². The maximum absolute atomic E-state index is 13.6. The van der Waals surface area contributed by atoms with Crippen molar-refractivity contribution in [2.24, 2.45) is 0 Å². The second-order valence-electron chi connectivity index (χ2n) is 8.28. The van der Waals surface area contributed by atoms with Crippen LogP contribution in [0.15, 0.2) is 52.3 Å². The molecule has 1 aliphatic heterocycles. The summed E-state index contributed by atoms with van der Waals surface area (Å²) in [7, 11) is 0. The molecular formula is C23H24F3NO2S. The third-order valence-corrected chi connectivity index (χ3v) is 6.35. The molecule has 2 aromatic rings. The number of ether oxygens (including phenoxy) is 1.